The molecule has 0 aliphatic heterocycles. The summed E-state index contributed by atoms with van der Waals surface area (Å²) in [6, 6.07) is 0. The van der Waals surface area contributed by atoms with Gasteiger partial charge < -0.3 is 15.4 Å². The molecule has 20 heavy (non-hydrogen) atoms. The molecule has 0 rings (SSSR count). The van der Waals surface area contributed by atoms with E-state index in [4.69, 9.17) is 4.74 Å². The third-order valence-electron chi connectivity index (χ3n) is 2.91. The fraction of sp³-hybridized carbons (Fsp3) is 0.938. The van der Waals surface area contributed by atoms with Gasteiger partial charge in [-0.2, -0.15) is 0 Å². The van der Waals surface area contributed by atoms with Crippen LogP contribution in [0.3, 0.4) is 0 Å². The van der Waals surface area contributed by atoms with Crippen molar-refractivity contribution in [1.29, 1.82) is 0 Å². The maximum absolute atomic E-state index is 11.7. The summed E-state index contributed by atoms with van der Waals surface area (Å²) < 4.78 is 5.26. The molecule has 0 fully saturated rings. The molecule has 0 saturated carbocycles. The molecule has 0 aromatic rings. The molecule has 1 atom stereocenters. The number of alkyl carbamates (subject to hydrolysis) is 1. The summed E-state index contributed by atoms with van der Waals surface area (Å²) in [5, 5.41) is 6.35. The highest BCUT2D eigenvalue weighted by Gasteiger charge is 2.19. The van der Waals surface area contributed by atoms with Crippen LogP contribution in [0, 0.1) is 17.3 Å². The van der Waals surface area contributed by atoms with E-state index in [1.807, 2.05) is 20.8 Å². The Kier molecular flexibility index (Phi) is 7.56. The maximum Gasteiger partial charge on any atom is 0.407 e. The lowest BCUT2D eigenvalue weighted by atomic mass is 9.93. The normalized spacial score (nSPS) is 14.2. The van der Waals surface area contributed by atoms with E-state index in [0.29, 0.717) is 18.4 Å². The van der Waals surface area contributed by atoms with E-state index in [1.165, 1.54) is 0 Å². The number of nitrogens with one attached hydrogen (secondary N) is 2. The van der Waals surface area contributed by atoms with Gasteiger partial charge in [0, 0.05) is 13.1 Å². The van der Waals surface area contributed by atoms with E-state index in [0.717, 1.165) is 13.1 Å². The predicted molar refractivity (Wildman–Crippen MR) is 84.9 cm³/mol. The Morgan fingerprint density at radius 1 is 1.05 bits per heavy atom. The van der Waals surface area contributed by atoms with Gasteiger partial charge in [-0.15, -0.1) is 0 Å². The van der Waals surface area contributed by atoms with Crippen molar-refractivity contribution in [3.63, 3.8) is 0 Å². The Morgan fingerprint density at radius 3 is 2.00 bits per heavy atom. The molecule has 2 N–H and O–H groups in total. The van der Waals surface area contributed by atoms with Crippen LogP contribution in [0.2, 0.25) is 0 Å². The van der Waals surface area contributed by atoms with Gasteiger partial charge in [-0.05, 0) is 44.6 Å². The van der Waals surface area contributed by atoms with Crippen LogP contribution in [-0.4, -0.2) is 31.3 Å². The molecule has 0 aliphatic carbocycles. The Bertz CT molecular complexity index is 288. The first-order valence-electron chi connectivity index (χ1n) is 7.58. The monoisotopic (exact) mass is 286 g/mol. The zero-order chi connectivity index (χ0) is 16.0. The minimum atomic E-state index is -0.443. The van der Waals surface area contributed by atoms with Gasteiger partial charge in [-0.25, -0.2) is 4.79 Å². The second-order valence-corrected chi connectivity index (χ2v) is 8.08. The topological polar surface area (TPSA) is 50.4 Å². The van der Waals surface area contributed by atoms with Crippen molar-refractivity contribution in [1.82, 2.24) is 10.6 Å². The van der Waals surface area contributed by atoms with Crippen LogP contribution >= 0.6 is 0 Å². The number of hydrogen-bond acceptors (Lipinski definition) is 3. The largest absolute Gasteiger partial charge is 0.444 e. The molecule has 0 heterocycles. The smallest absolute Gasteiger partial charge is 0.407 e. The van der Waals surface area contributed by atoms with Crippen LogP contribution in [-0.2, 0) is 4.74 Å². The Labute approximate surface area is 125 Å². The van der Waals surface area contributed by atoms with Crippen molar-refractivity contribution < 1.29 is 9.53 Å². The number of carbonyl (C=O) groups excluding carboxylic acids is 1. The second-order valence-electron chi connectivity index (χ2n) is 8.08. The summed E-state index contributed by atoms with van der Waals surface area (Å²) in [6.07, 6.45) is -0.334. The van der Waals surface area contributed by atoms with Crippen LogP contribution in [0.5, 0.6) is 0 Å². The lowest BCUT2D eigenvalue weighted by Gasteiger charge is -2.26. The molecule has 1 unspecified atom stereocenters. The van der Waals surface area contributed by atoms with Gasteiger partial charge in [-0.1, -0.05) is 34.6 Å². The minimum absolute atomic E-state index is 0.278. The maximum atomic E-state index is 11.7. The van der Waals surface area contributed by atoms with Crippen LogP contribution in [0.4, 0.5) is 4.79 Å². The SMILES string of the molecule is CC(C)C(CNCC(C)(C)C)CNC(=O)OC(C)(C)C. The standard InChI is InChI=1S/C16H34N2O2/c1-12(2)13(9-17-11-15(3,4)5)10-18-14(19)20-16(6,7)8/h12-13,17H,9-11H2,1-8H3,(H,18,19). The third kappa shape index (κ3) is 11.1. The molecular weight excluding hydrogens is 252 g/mol. The molecule has 4 nitrogen and oxygen atoms in total. The van der Waals surface area contributed by atoms with Gasteiger partial charge in [0.15, 0.2) is 0 Å². The summed E-state index contributed by atoms with van der Waals surface area (Å²) in [5.74, 6) is 0.919. The zero-order valence-corrected chi connectivity index (χ0v) is 14.6. The number of hydrogen-bond donors (Lipinski definition) is 2. The first kappa shape index (κ1) is 19.2. The Hall–Kier alpha value is -0.770. The Balaban J connectivity index is 4.13. The summed E-state index contributed by atoms with van der Waals surface area (Å²) >= 11 is 0. The van der Waals surface area contributed by atoms with Gasteiger partial charge in [0.05, 0.1) is 0 Å². The van der Waals surface area contributed by atoms with E-state index in [9.17, 15) is 4.79 Å². The van der Waals surface area contributed by atoms with Gasteiger partial charge >= 0.3 is 6.09 Å². The van der Waals surface area contributed by atoms with Crippen molar-refractivity contribution in [2.75, 3.05) is 19.6 Å². The lowest BCUT2D eigenvalue weighted by Crippen LogP contribution is -2.40. The number of ether oxygens (including phenoxy) is 1. The molecule has 0 saturated heterocycles. The van der Waals surface area contributed by atoms with E-state index in [-0.39, 0.29) is 11.5 Å². The lowest BCUT2D eigenvalue weighted by molar-refractivity contribution is 0.0514. The molecule has 1 amide bonds. The minimum Gasteiger partial charge on any atom is -0.444 e. The van der Waals surface area contributed by atoms with E-state index < -0.39 is 5.60 Å². The average Bonchev–Trinajstić information content (AvgIpc) is 2.18. The zero-order valence-electron chi connectivity index (χ0n) is 14.6. The molecular formula is C16H34N2O2. The molecule has 120 valence electrons. The molecule has 0 aliphatic rings. The van der Waals surface area contributed by atoms with Gasteiger partial charge in [0.2, 0.25) is 0 Å². The third-order valence-corrected chi connectivity index (χ3v) is 2.91. The van der Waals surface area contributed by atoms with Crippen molar-refractivity contribution in [2.24, 2.45) is 17.3 Å². The quantitative estimate of drug-likeness (QED) is 0.786. The van der Waals surface area contributed by atoms with Crippen LogP contribution in [0.25, 0.3) is 0 Å². The fourth-order valence-corrected chi connectivity index (χ4v) is 1.70. The second kappa shape index (κ2) is 7.87. The molecule has 0 bridgehead atoms. The molecule has 0 radical (unpaired) electrons. The van der Waals surface area contributed by atoms with Crippen molar-refractivity contribution >= 4 is 6.09 Å². The summed E-state index contributed by atoms with van der Waals surface area (Å²) in [7, 11) is 0. The molecule has 4 heteroatoms. The number of rotatable bonds is 6. The van der Waals surface area contributed by atoms with Crippen LogP contribution < -0.4 is 10.6 Å². The van der Waals surface area contributed by atoms with E-state index >= 15 is 0 Å². The van der Waals surface area contributed by atoms with Gasteiger partial charge in [0.25, 0.3) is 0 Å². The highest BCUT2D eigenvalue weighted by molar-refractivity contribution is 5.67. The first-order chi connectivity index (χ1) is 8.91. The number of carbonyl (C=O) groups is 1. The van der Waals surface area contributed by atoms with Crippen LogP contribution in [0.1, 0.15) is 55.4 Å². The summed E-state index contributed by atoms with van der Waals surface area (Å²) in [6.45, 7) is 19.1. The van der Waals surface area contributed by atoms with Gasteiger partial charge in [-0.3, -0.25) is 0 Å². The van der Waals surface area contributed by atoms with Crippen molar-refractivity contribution in [3.05, 3.63) is 0 Å². The van der Waals surface area contributed by atoms with E-state index in [1.54, 1.807) is 0 Å². The van der Waals surface area contributed by atoms with Gasteiger partial charge in [0.1, 0.15) is 5.60 Å². The average molecular weight is 286 g/mol. The van der Waals surface area contributed by atoms with Crippen molar-refractivity contribution in [3.8, 4) is 0 Å². The van der Waals surface area contributed by atoms with E-state index in [2.05, 4.69) is 45.3 Å². The summed E-state index contributed by atoms with van der Waals surface area (Å²) in [4.78, 5) is 11.7. The number of amides is 1. The van der Waals surface area contributed by atoms with Crippen molar-refractivity contribution in [2.45, 2.75) is 61.0 Å². The van der Waals surface area contributed by atoms with Crippen LogP contribution in [0.15, 0.2) is 0 Å². The Morgan fingerprint density at radius 2 is 1.60 bits per heavy atom. The molecule has 0 aromatic heterocycles. The highest BCUT2D eigenvalue weighted by atomic mass is 16.6. The fourth-order valence-electron chi connectivity index (χ4n) is 1.70. The summed E-state index contributed by atoms with van der Waals surface area (Å²) in [5.41, 5.74) is -0.165. The molecule has 0 spiro atoms. The highest BCUT2D eigenvalue weighted by Crippen LogP contribution is 2.13. The molecule has 0 aromatic carbocycles. The first-order valence-corrected chi connectivity index (χ1v) is 7.58. The predicted octanol–water partition coefficient (Wildman–Crippen LogP) is 3.42.